The molecule has 0 unspecified atom stereocenters. The standard InChI is InChI=1S/C7H12N4O2S/c8-5-6-9-10-7(13-6)11-1-3-14(12)4-2-11/h1-5,8H2. The van der Waals surface area contributed by atoms with Gasteiger partial charge in [-0.25, -0.2) is 0 Å². The van der Waals surface area contributed by atoms with Crippen molar-refractivity contribution in [1.29, 1.82) is 0 Å². The van der Waals surface area contributed by atoms with Gasteiger partial charge >= 0.3 is 6.01 Å². The lowest BCUT2D eigenvalue weighted by molar-refractivity contribution is 0.487. The topological polar surface area (TPSA) is 85.2 Å². The van der Waals surface area contributed by atoms with E-state index in [1.54, 1.807) is 0 Å². The Morgan fingerprint density at radius 3 is 2.71 bits per heavy atom. The zero-order valence-corrected chi connectivity index (χ0v) is 8.50. The van der Waals surface area contributed by atoms with Crippen molar-refractivity contribution in [1.82, 2.24) is 10.2 Å². The minimum Gasteiger partial charge on any atom is -0.407 e. The molecule has 1 aromatic rings. The van der Waals surface area contributed by atoms with Crippen LogP contribution < -0.4 is 10.6 Å². The summed E-state index contributed by atoms with van der Waals surface area (Å²) in [4.78, 5) is 1.94. The molecule has 0 radical (unpaired) electrons. The average Bonchev–Trinajstić information content (AvgIpc) is 2.67. The van der Waals surface area contributed by atoms with Gasteiger partial charge in [0.1, 0.15) is 0 Å². The summed E-state index contributed by atoms with van der Waals surface area (Å²) in [7, 11) is -0.686. The van der Waals surface area contributed by atoms with E-state index in [-0.39, 0.29) is 6.54 Å². The predicted molar refractivity (Wildman–Crippen MR) is 52.3 cm³/mol. The lowest BCUT2D eigenvalue weighted by Gasteiger charge is -2.23. The maximum atomic E-state index is 11.1. The molecule has 0 bridgehead atoms. The zero-order valence-electron chi connectivity index (χ0n) is 7.68. The molecule has 0 atom stereocenters. The molecule has 0 spiro atoms. The predicted octanol–water partition coefficient (Wildman–Crippen LogP) is -0.903. The second-order valence-corrected chi connectivity index (χ2v) is 4.71. The summed E-state index contributed by atoms with van der Waals surface area (Å²) in [6.07, 6.45) is 0. The largest absolute Gasteiger partial charge is 0.407 e. The lowest BCUT2D eigenvalue weighted by Crippen LogP contribution is -2.37. The Labute approximate surface area is 83.9 Å². The molecule has 7 heteroatoms. The van der Waals surface area contributed by atoms with Crippen molar-refractivity contribution in [2.24, 2.45) is 5.73 Å². The monoisotopic (exact) mass is 216 g/mol. The van der Waals surface area contributed by atoms with Gasteiger partial charge in [0, 0.05) is 35.4 Å². The van der Waals surface area contributed by atoms with Gasteiger partial charge in [-0.2, -0.15) is 0 Å². The van der Waals surface area contributed by atoms with Crippen LogP contribution in [0.2, 0.25) is 0 Å². The third-order valence-electron chi connectivity index (χ3n) is 2.08. The van der Waals surface area contributed by atoms with Crippen molar-refractivity contribution in [3.8, 4) is 0 Å². The second kappa shape index (κ2) is 4.05. The Bertz CT molecular complexity index is 330. The van der Waals surface area contributed by atoms with Crippen LogP contribution in [0.3, 0.4) is 0 Å². The lowest BCUT2D eigenvalue weighted by atomic mass is 10.5. The maximum absolute atomic E-state index is 11.1. The molecule has 6 nitrogen and oxygen atoms in total. The van der Waals surface area contributed by atoms with Crippen LogP contribution in [-0.4, -0.2) is 39.0 Å². The van der Waals surface area contributed by atoms with Crippen molar-refractivity contribution in [3.63, 3.8) is 0 Å². The van der Waals surface area contributed by atoms with Crippen LogP contribution in [0.5, 0.6) is 0 Å². The van der Waals surface area contributed by atoms with Crippen LogP contribution in [-0.2, 0) is 17.3 Å². The van der Waals surface area contributed by atoms with E-state index in [4.69, 9.17) is 10.2 Å². The van der Waals surface area contributed by atoms with Gasteiger partial charge < -0.3 is 15.1 Å². The molecule has 78 valence electrons. The summed E-state index contributed by atoms with van der Waals surface area (Å²) in [6.45, 7) is 1.67. The molecule has 1 aliphatic heterocycles. The van der Waals surface area contributed by atoms with E-state index in [0.717, 1.165) is 0 Å². The molecule has 0 saturated carbocycles. The van der Waals surface area contributed by atoms with Crippen molar-refractivity contribution in [2.45, 2.75) is 6.54 Å². The number of anilines is 1. The van der Waals surface area contributed by atoms with Gasteiger partial charge in [0.2, 0.25) is 5.89 Å². The van der Waals surface area contributed by atoms with Gasteiger partial charge in [0.05, 0.1) is 6.54 Å². The first-order valence-corrected chi connectivity index (χ1v) is 5.91. The molecule has 1 aromatic heterocycles. The van der Waals surface area contributed by atoms with Crippen LogP contribution in [0.25, 0.3) is 0 Å². The van der Waals surface area contributed by atoms with E-state index in [1.807, 2.05) is 4.90 Å². The number of rotatable bonds is 2. The zero-order chi connectivity index (χ0) is 9.97. The fourth-order valence-corrected chi connectivity index (χ4v) is 2.34. The molecule has 14 heavy (non-hydrogen) atoms. The summed E-state index contributed by atoms with van der Waals surface area (Å²) >= 11 is 0. The van der Waals surface area contributed by atoms with Crippen molar-refractivity contribution in [2.75, 3.05) is 29.5 Å². The summed E-state index contributed by atoms with van der Waals surface area (Å²) < 4.78 is 16.4. The molecule has 2 rings (SSSR count). The first-order chi connectivity index (χ1) is 6.79. The Kier molecular flexibility index (Phi) is 2.78. The molecule has 1 aliphatic rings. The second-order valence-electron chi connectivity index (χ2n) is 3.02. The van der Waals surface area contributed by atoms with Crippen LogP contribution in [0.4, 0.5) is 6.01 Å². The highest BCUT2D eigenvalue weighted by atomic mass is 32.2. The van der Waals surface area contributed by atoms with Gasteiger partial charge in [-0.15, -0.1) is 5.10 Å². The van der Waals surface area contributed by atoms with Crippen molar-refractivity contribution < 1.29 is 8.63 Å². The van der Waals surface area contributed by atoms with E-state index >= 15 is 0 Å². The fourth-order valence-electron chi connectivity index (χ4n) is 1.28. The number of aromatic nitrogens is 2. The van der Waals surface area contributed by atoms with E-state index in [9.17, 15) is 4.21 Å². The molecular formula is C7H12N4O2S. The van der Waals surface area contributed by atoms with Crippen molar-refractivity contribution >= 4 is 16.8 Å². The first-order valence-electron chi connectivity index (χ1n) is 4.42. The fraction of sp³-hybridized carbons (Fsp3) is 0.714. The van der Waals surface area contributed by atoms with Gasteiger partial charge in [-0.1, -0.05) is 5.10 Å². The maximum Gasteiger partial charge on any atom is 0.318 e. The molecule has 1 fully saturated rings. The number of hydrogen-bond donors (Lipinski definition) is 1. The van der Waals surface area contributed by atoms with Crippen LogP contribution >= 0.6 is 0 Å². The summed E-state index contributed by atoms with van der Waals surface area (Å²) in [5.41, 5.74) is 5.35. The number of nitrogens with zero attached hydrogens (tertiary/aromatic N) is 3. The van der Waals surface area contributed by atoms with E-state index in [0.29, 0.717) is 36.5 Å². The molecule has 0 aliphatic carbocycles. The highest BCUT2D eigenvalue weighted by Gasteiger charge is 2.19. The van der Waals surface area contributed by atoms with Crippen LogP contribution in [0, 0.1) is 0 Å². The van der Waals surface area contributed by atoms with Gasteiger partial charge in [-0.3, -0.25) is 4.21 Å². The Balaban J connectivity index is 2.04. The average molecular weight is 216 g/mol. The quantitative estimate of drug-likeness (QED) is 0.689. The molecule has 0 amide bonds. The number of hydrogen-bond acceptors (Lipinski definition) is 6. The third-order valence-corrected chi connectivity index (χ3v) is 3.35. The Morgan fingerprint density at radius 1 is 1.43 bits per heavy atom. The number of nitrogens with two attached hydrogens (primary N) is 1. The van der Waals surface area contributed by atoms with Crippen molar-refractivity contribution in [3.05, 3.63) is 5.89 Å². The van der Waals surface area contributed by atoms with Crippen LogP contribution in [0.15, 0.2) is 4.42 Å². The first kappa shape index (κ1) is 9.60. The smallest absolute Gasteiger partial charge is 0.318 e. The minimum absolute atomic E-state index is 0.257. The van der Waals surface area contributed by atoms with Gasteiger partial charge in [0.25, 0.3) is 0 Å². The Morgan fingerprint density at radius 2 is 2.14 bits per heavy atom. The van der Waals surface area contributed by atoms with E-state index < -0.39 is 10.8 Å². The molecule has 2 heterocycles. The Hall–Kier alpha value is -0.950. The van der Waals surface area contributed by atoms with E-state index in [1.165, 1.54) is 0 Å². The van der Waals surface area contributed by atoms with E-state index in [2.05, 4.69) is 10.2 Å². The summed E-state index contributed by atoms with van der Waals surface area (Å²) in [6, 6.07) is 0.488. The third kappa shape index (κ3) is 1.93. The molecule has 2 N–H and O–H groups in total. The molecule has 1 saturated heterocycles. The highest BCUT2D eigenvalue weighted by Crippen LogP contribution is 2.13. The molecular weight excluding hydrogens is 204 g/mol. The van der Waals surface area contributed by atoms with Crippen LogP contribution in [0.1, 0.15) is 5.89 Å². The van der Waals surface area contributed by atoms with Gasteiger partial charge in [-0.05, 0) is 0 Å². The normalized spacial score (nSPS) is 18.8. The summed E-state index contributed by atoms with van der Waals surface area (Å²) in [5, 5.41) is 7.64. The highest BCUT2D eigenvalue weighted by molar-refractivity contribution is 7.85. The minimum atomic E-state index is -0.686. The SMILES string of the molecule is NCc1nnc(N2CCS(=O)CC2)o1. The molecule has 0 aromatic carbocycles. The summed E-state index contributed by atoms with van der Waals surface area (Å²) in [5.74, 6) is 1.77. The van der Waals surface area contributed by atoms with Gasteiger partial charge in [0.15, 0.2) is 0 Å².